The molecule has 0 aliphatic rings. The van der Waals surface area contributed by atoms with Crippen molar-refractivity contribution < 1.29 is 13.6 Å². The number of halogens is 2. The number of thioether (sulfide) groups is 1. The number of rotatable bonds is 5. The summed E-state index contributed by atoms with van der Waals surface area (Å²) in [5.41, 5.74) is 0.652. The van der Waals surface area contributed by atoms with Gasteiger partial charge < -0.3 is 9.88 Å². The van der Waals surface area contributed by atoms with Crippen molar-refractivity contribution in [3.05, 3.63) is 54.4 Å². The Morgan fingerprint density at radius 3 is 2.65 bits per heavy atom. The van der Waals surface area contributed by atoms with E-state index < -0.39 is 22.8 Å². The van der Waals surface area contributed by atoms with E-state index in [9.17, 15) is 13.6 Å². The highest BCUT2D eigenvalue weighted by atomic mass is 32.2. The van der Waals surface area contributed by atoms with Gasteiger partial charge in [0.05, 0.1) is 10.9 Å². The molecular weight excluding hydrogens is 360 g/mol. The number of amides is 1. The summed E-state index contributed by atoms with van der Waals surface area (Å²) in [4.78, 5) is 16.2. The van der Waals surface area contributed by atoms with Crippen LogP contribution in [0.4, 0.5) is 14.5 Å². The molecule has 0 unspecified atom stereocenters. The second-order valence-electron chi connectivity index (χ2n) is 5.47. The van der Waals surface area contributed by atoms with E-state index in [1.165, 1.54) is 11.8 Å². The summed E-state index contributed by atoms with van der Waals surface area (Å²) in [6.07, 6.45) is 3.31. The van der Waals surface area contributed by atoms with Gasteiger partial charge in [-0.15, -0.1) is 10.2 Å². The second kappa shape index (κ2) is 7.61. The van der Waals surface area contributed by atoms with Crippen LogP contribution in [-0.4, -0.2) is 30.9 Å². The van der Waals surface area contributed by atoms with E-state index in [4.69, 9.17) is 0 Å². The minimum Gasteiger partial charge on any atom is -0.323 e. The first-order chi connectivity index (χ1) is 12.5. The number of nitrogens with one attached hydrogen (secondary N) is 1. The van der Waals surface area contributed by atoms with E-state index in [2.05, 4.69) is 20.5 Å². The van der Waals surface area contributed by atoms with Crippen molar-refractivity contribution >= 4 is 23.4 Å². The molecule has 1 aromatic carbocycles. The lowest BCUT2D eigenvalue weighted by Crippen LogP contribution is -2.23. The van der Waals surface area contributed by atoms with Gasteiger partial charge in [-0.1, -0.05) is 11.8 Å². The first-order valence-corrected chi connectivity index (χ1v) is 8.56. The predicted octanol–water partition coefficient (Wildman–Crippen LogP) is 3.27. The summed E-state index contributed by atoms with van der Waals surface area (Å²) >= 11 is 1.17. The van der Waals surface area contributed by atoms with Crippen LogP contribution in [0, 0.1) is 11.6 Å². The number of carbonyl (C=O) groups is 1. The minimum atomic E-state index is -0.699. The average Bonchev–Trinajstić information content (AvgIpc) is 2.99. The van der Waals surface area contributed by atoms with E-state index in [1.807, 2.05) is 0 Å². The number of hydrogen-bond acceptors (Lipinski definition) is 5. The van der Waals surface area contributed by atoms with Crippen LogP contribution < -0.4 is 5.32 Å². The van der Waals surface area contributed by atoms with Gasteiger partial charge in [0.2, 0.25) is 5.91 Å². The summed E-state index contributed by atoms with van der Waals surface area (Å²) < 4.78 is 28.6. The maximum atomic E-state index is 13.7. The van der Waals surface area contributed by atoms with E-state index in [0.717, 1.165) is 23.8 Å². The highest BCUT2D eigenvalue weighted by Gasteiger charge is 2.20. The van der Waals surface area contributed by atoms with Gasteiger partial charge in [-0.05, 0) is 31.2 Å². The van der Waals surface area contributed by atoms with Crippen LogP contribution >= 0.6 is 11.8 Å². The highest BCUT2D eigenvalue weighted by Crippen LogP contribution is 2.26. The van der Waals surface area contributed by atoms with Gasteiger partial charge in [-0.25, -0.2) is 8.78 Å². The molecule has 9 heteroatoms. The van der Waals surface area contributed by atoms with Crippen LogP contribution in [0.15, 0.2) is 47.9 Å². The number of pyridine rings is 1. The van der Waals surface area contributed by atoms with Gasteiger partial charge in [0, 0.05) is 31.1 Å². The zero-order valence-electron chi connectivity index (χ0n) is 14.0. The standard InChI is InChI=1S/C17H15F2N5OS/c1-10(16(25)21-14-9-12(18)3-4-13(14)19)26-17-23-22-15(24(17)2)11-5-7-20-8-6-11/h3-10H,1-2H3,(H,21,25)/t10-/m1/s1. The molecule has 0 saturated heterocycles. The average molecular weight is 375 g/mol. The number of nitrogens with zero attached hydrogens (tertiary/aromatic N) is 4. The zero-order valence-corrected chi connectivity index (χ0v) is 14.8. The van der Waals surface area contributed by atoms with E-state index in [-0.39, 0.29) is 5.69 Å². The van der Waals surface area contributed by atoms with Crippen LogP contribution in [0.1, 0.15) is 6.92 Å². The lowest BCUT2D eigenvalue weighted by Gasteiger charge is -2.12. The highest BCUT2D eigenvalue weighted by molar-refractivity contribution is 8.00. The Morgan fingerprint density at radius 2 is 1.92 bits per heavy atom. The quantitative estimate of drug-likeness (QED) is 0.693. The first kappa shape index (κ1) is 18.0. The Morgan fingerprint density at radius 1 is 1.19 bits per heavy atom. The van der Waals surface area contributed by atoms with Gasteiger partial charge in [-0.2, -0.15) is 0 Å². The van der Waals surface area contributed by atoms with Gasteiger partial charge in [0.1, 0.15) is 11.6 Å². The SMILES string of the molecule is C[C@@H](Sc1nnc(-c2ccncc2)n1C)C(=O)Nc1cc(F)ccc1F. The Kier molecular flexibility index (Phi) is 5.27. The molecule has 26 heavy (non-hydrogen) atoms. The molecule has 0 spiro atoms. The number of benzene rings is 1. The summed E-state index contributed by atoms with van der Waals surface area (Å²) in [5, 5.41) is 10.5. The van der Waals surface area contributed by atoms with Crippen molar-refractivity contribution in [2.45, 2.75) is 17.3 Å². The number of hydrogen-bond donors (Lipinski definition) is 1. The van der Waals surface area contributed by atoms with Crippen LogP contribution in [0.2, 0.25) is 0 Å². The van der Waals surface area contributed by atoms with Gasteiger partial charge in [0.15, 0.2) is 11.0 Å². The molecule has 2 heterocycles. The van der Waals surface area contributed by atoms with Gasteiger partial charge >= 0.3 is 0 Å². The molecule has 1 amide bonds. The van der Waals surface area contributed by atoms with Crippen molar-refractivity contribution in [2.24, 2.45) is 7.05 Å². The number of carbonyl (C=O) groups excluding carboxylic acids is 1. The molecule has 1 atom stereocenters. The maximum Gasteiger partial charge on any atom is 0.237 e. The maximum absolute atomic E-state index is 13.7. The Balaban J connectivity index is 1.72. The van der Waals surface area contributed by atoms with E-state index in [0.29, 0.717) is 11.0 Å². The second-order valence-corrected chi connectivity index (χ2v) is 6.78. The minimum absolute atomic E-state index is 0.196. The molecule has 3 rings (SSSR count). The molecule has 0 aliphatic heterocycles. The normalized spacial score (nSPS) is 12.0. The third-order valence-electron chi connectivity index (χ3n) is 3.61. The van der Waals surface area contributed by atoms with Crippen molar-refractivity contribution in [1.82, 2.24) is 19.7 Å². The molecule has 0 aliphatic carbocycles. The zero-order chi connectivity index (χ0) is 18.7. The fourth-order valence-electron chi connectivity index (χ4n) is 2.21. The molecule has 6 nitrogen and oxygen atoms in total. The lowest BCUT2D eigenvalue weighted by atomic mass is 10.2. The summed E-state index contributed by atoms with van der Waals surface area (Å²) in [7, 11) is 1.79. The van der Waals surface area contributed by atoms with Crippen molar-refractivity contribution in [1.29, 1.82) is 0 Å². The van der Waals surface area contributed by atoms with Crippen LogP contribution in [-0.2, 0) is 11.8 Å². The Bertz CT molecular complexity index is 932. The molecule has 0 fully saturated rings. The van der Waals surface area contributed by atoms with Gasteiger partial charge in [0.25, 0.3) is 0 Å². The van der Waals surface area contributed by atoms with Crippen LogP contribution in [0.3, 0.4) is 0 Å². The largest absolute Gasteiger partial charge is 0.323 e. The summed E-state index contributed by atoms with van der Waals surface area (Å²) in [5.74, 6) is -1.15. The van der Waals surface area contributed by atoms with Gasteiger partial charge in [-0.3, -0.25) is 9.78 Å². The molecule has 2 aromatic heterocycles. The van der Waals surface area contributed by atoms with E-state index >= 15 is 0 Å². The van der Waals surface area contributed by atoms with Crippen LogP contribution in [0.5, 0.6) is 0 Å². The molecule has 1 N–H and O–H groups in total. The molecule has 3 aromatic rings. The Labute approximate surface area is 152 Å². The fourth-order valence-corrected chi connectivity index (χ4v) is 3.02. The fraction of sp³-hybridized carbons (Fsp3) is 0.176. The lowest BCUT2D eigenvalue weighted by molar-refractivity contribution is -0.115. The van der Waals surface area contributed by atoms with Crippen molar-refractivity contribution in [2.75, 3.05) is 5.32 Å². The first-order valence-electron chi connectivity index (χ1n) is 7.68. The predicted molar refractivity (Wildman–Crippen MR) is 94.5 cm³/mol. The molecule has 134 valence electrons. The third-order valence-corrected chi connectivity index (χ3v) is 4.75. The van der Waals surface area contributed by atoms with Crippen molar-refractivity contribution in [3.63, 3.8) is 0 Å². The summed E-state index contributed by atoms with van der Waals surface area (Å²) in [6, 6.07) is 6.51. The monoisotopic (exact) mass is 375 g/mol. The smallest absolute Gasteiger partial charge is 0.237 e. The third kappa shape index (κ3) is 3.88. The van der Waals surface area contributed by atoms with Crippen molar-refractivity contribution in [3.8, 4) is 11.4 Å². The molecule has 0 radical (unpaired) electrons. The van der Waals surface area contributed by atoms with E-state index in [1.54, 1.807) is 43.1 Å². The van der Waals surface area contributed by atoms with Crippen LogP contribution in [0.25, 0.3) is 11.4 Å². The number of anilines is 1. The molecule has 0 bridgehead atoms. The topological polar surface area (TPSA) is 72.7 Å². The molecule has 0 saturated carbocycles. The Hall–Kier alpha value is -2.81. The molecular formula is C17H15F2N5OS. The number of aromatic nitrogens is 4. The summed E-state index contributed by atoms with van der Waals surface area (Å²) in [6.45, 7) is 1.65.